The van der Waals surface area contributed by atoms with Crippen LogP contribution >= 0.6 is 11.3 Å². The largest absolute Gasteiger partial charge is 0.291 e. The molecule has 0 saturated carbocycles. The summed E-state index contributed by atoms with van der Waals surface area (Å²) in [7, 11) is 0. The van der Waals surface area contributed by atoms with Crippen molar-refractivity contribution < 1.29 is 13.6 Å². The Morgan fingerprint density at radius 1 is 1.37 bits per heavy atom. The maximum Gasteiger partial charge on any atom is 0.195 e. The van der Waals surface area contributed by atoms with Crippen molar-refractivity contribution in [2.24, 2.45) is 0 Å². The lowest BCUT2D eigenvalue weighted by Crippen LogP contribution is -2.10. The summed E-state index contributed by atoms with van der Waals surface area (Å²) < 4.78 is 26.2. The first-order valence-electron chi connectivity index (χ1n) is 5.33. The molecule has 2 rings (SSSR count). The molecular weight excluding hydrogens is 270 g/mol. The third-order valence-electron chi connectivity index (χ3n) is 2.47. The van der Waals surface area contributed by atoms with Crippen molar-refractivity contribution in [1.29, 1.82) is 5.26 Å². The number of nitrogens with zero attached hydrogens (tertiary/aromatic N) is 2. The number of aromatic nitrogens is 1. The zero-order chi connectivity index (χ0) is 14.0. The maximum absolute atomic E-state index is 13.1. The van der Waals surface area contributed by atoms with Crippen LogP contribution in [-0.4, -0.2) is 10.8 Å². The Bertz CT molecular complexity index is 655. The second-order valence-corrected chi connectivity index (χ2v) is 5.11. The van der Waals surface area contributed by atoms with Gasteiger partial charge in [-0.05, 0) is 24.6 Å². The van der Waals surface area contributed by atoms with E-state index in [-0.39, 0.29) is 5.56 Å². The monoisotopic (exact) mass is 278 g/mol. The van der Waals surface area contributed by atoms with Gasteiger partial charge in [-0.15, -0.1) is 11.3 Å². The minimum Gasteiger partial charge on any atom is -0.291 e. The van der Waals surface area contributed by atoms with Gasteiger partial charge in [-0.1, -0.05) is 0 Å². The fourth-order valence-corrected chi connectivity index (χ4v) is 2.39. The lowest BCUT2D eigenvalue weighted by atomic mass is 9.95. The van der Waals surface area contributed by atoms with Gasteiger partial charge in [0, 0.05) is 12.3 Å². The van der Waals surface area contributed by atoms with E-state index >= 15 is 0 Å². The van der Waals surface area contributed by atoms with E-state index in [4.69, 9.17) is 5.26 Å². The minimum absolute atomic E-state index is 0.0102. The molecule has 1 aromatic carbocycles. The first kappa shape index (κ1) is 13.3. The van der Waals surface area contributed by atoms with Crippen LogP contribution in [0.5, 0.6) is 0 Å². The number of hydrogen-bond acceptors (Lipinski definition) is 4. The third-order valence-corrected chi connectivity index (χ3v) is 3.40. The number of ketones is 1. The molecule has 0 aliphatic rings. The lowest BCUT2D eigenvalue weighted by molar-refractivity contribution is 0.0982. The van der Waals surface area contributed by atoms with Gasteiger partial charge < -0.3 is 0 Å². The van der Waals surface area contributed by atoms with Gasteiger partial charge in [-0.2, -0.15) is 5.26 Å². The molecule has 0 aliphatic heterocycles. The molecule has 3 nitrogen and oxygen atoms in total. The van der Waals surface area contributed by atoms with Crippen LogP contribution in [0.15, 0.2) is 24.4 Å². The molecule has 0 saturated heterocycles. The molecule has 1 atom stereocenters. The van der Waals surface area contributed by atoms with Crippen molar-refractivity contribution in [3.8, 4) is 6.07 Å². The first-order valence-corrected chi connectivity index (χ1v) is 6.15. The highest BCUT2D eigenvalue weighted by Crippen LogP contribution is 2.25. The summed E-state index contributed by atoms with van der Waals surface area (Å²) in [5.74, 6) is -3.37. The van der Waals surface area contributed by atoms with Crippen molar-refractivity contribution in [1.82, 2.24) is 4.98 Å². The van der Waals surface area contributed by atoms with Crippen molar-refractivity contribution in [3.05, 3.63) is 51.5 Å². The number of hydrogen-bond donors (Lipinski definition) is 0. The number of carbonyl (C=O) groups is 1. The Kier molecular flexibility index (Phi) is 3.67. The number of halogens is 2. The van der Waals surface area contributed by atoms with Crippen LogP contribution in [0.3, 0.4) is 0 Å². The Balaban J connectivity index is 2.40. The van der Waals surface area contributed by atoms with Crippen LogP contribution in [0.2, 0.25) is 0 Å². The predicted molar refractivity (Wildman–Crippen MR) is 65.9 cm³/mol. The summed E-state index contributed by atoms with van der Waals surface area (Å²) in [5.41, 5.74) is 0.0102. The van der Waals surface area contributed by atoms with Gasteiger partial charge in [0.15, 0.2) is 5.78 Å². The van der Waals surface area contributed by atoms with Gasteiger partial charge in [0.25, 0.3) is 0 Å². The summed E-state index contributed by atoms with van der Waals surface area (Å²) in [6.45, 7) is 1.73. The van der Waals surface area contributed by atoms with Crippen molar-refractivity contribution in [3.63, 3.8) is 0 Å². The van der Waals surface area contributed by atoms with Crippen LogP contribution in [0, 0.1) is 29.9 Å². The van der Waals surface area contributed by atoms with Crippen molar-refractivity contribution >= 4 is 17.1 Å². The molecule has 0 spiro atoms. The summed E-state index contributed by atoms with van der Waals surface area (Å²) in [6, 6.07) is 4.45. The van der Waals surface area contributed by atoms with E-state index in [0.717, 1.165) is 23.5 Å². The van der Waals surface area contributed by atoms with Gasteiger partial charge in [0.2, 0.25) is 0 Å². The molecule has 1 heterocycles. The molecule has 0 N–H and O–H groups in total. The van der Waals surface area contributed by atoms with Gasteiger partial charge in [0.05, 0.1) is 16.0 Å². The molecular formula is C13H8F2N2OS. The summed E-state index contributed by atoms with van der Waals surface area (Å²) >= 11 is 1.14. The van der Waals surface area contributed by atoms with Crippen molar-refractivity contribution in [2.45, 2.75) is 12.8 Å². The Morgan fingerprint density at radius 2 is 2.00 bits per heavy atom. The fourth-order valence-electron chi connectivity index (χ4n) is 1.64. The zero-order valence-corrected chi connectivity index (χ0v) is 10.7. The molecule has 19 heavy (non-hydrogen) atoms. The highest BCUT2D eigenvalue weighted by molar-refractivity contribution is 7.13. The SMILES string of the molecule is Cc1ncc(C(=O)C(C#N)c2cc(F)cc(F)c2)s1. The molecule has 0 bridgehead atoms. The van der Waals surface area contributed by atoms with E-state index in [2.05, 4.69) is 4.98 Å². The summed E-state index contributed by atoms with van der Waals surface area (Å²) in [6.07, 6.45) is 1.36. The Labute approximate surface area is 112 Å². The normalized spacial score (nSPS) is 11.9. The molecule has 2 aromatic rings. The van der Waals surface area contributed by atoms with Gasteiger partial charge in [0.1, 0.15) is 17.6 Å². The number of thiazole rings is 1. The number of nitriles is 1. The molecule has 0 radical (unpaired) electrons. The molecule has 0 amide bonds. The summed E-state index contributed by atoms with van der Waals surface area (Å²) in [4.78, 5) is 16.3. The second kappa shape index (κ2) is 5.24. The van der Waals surface area contributed by atoms with Crippen molar-refractivity contribution in [2.75, 3.05) is 0 Å². The van der Waals surface area contributed by atoms with E-state index in [1.165, 1.54) is 6.20 Å². The minimum atomic E-state index is -1.23. The van der Waals surface area contributed by atoms with E-state index in [9.17, 15) is 13.6 Å². The number of aryl methyl sites for hydroxylation is 1. The van der Waals surface area contributed by atoms with Crippen LogP contribution in [0.4, 0.5) is 8.78 Å². The summed E-state index contributed by atoms with van der Waals surface area (Å²) in [5, 5.41) is 9.75. The van der Waals surface area contributed by atoms with E-state index in [0.29, 0.717) is 16.0 Å². The predicted octanol–water partition coefficient (Wildman–Crippen LogP) is 3.22. The average Bonchev–Trinajstić information content (AvgIpc) is 2.75. The van der Waals surface area contributed by atoms with Gasteiger partial charge in [-0.3, -0.25) is 4.79 Å². The molecule has 96 valence electrons. The zero-order valence-electron chi connectivity index (χ0n) is 9.85. The second-order valence-electron chi connectivity index (χ2n) is 3.87. The molecule has 1 aromatic heterocycles. The van der Waals surface area contributed by atoms with E-state index < -0.39 is 23.3 Å². The molecule has 0 aliphatic carbocycles. The number of rotatable bonds is 3. The van der Waals surface area contributed by atoms with Crippen LogP contribution in [-0.2, 0) is 0 Å². The van der Waals surface area contributed by atoms with E-state index in [1.807, 2.05) is 0 Å². The number of carbonyl (C=O) groups excluding carboxylic acids is 1. The van der Waals surface area contributed by atoms with Crippen LogP contribution in [0.1, 0.15) is 26.2 Å². The number of benzene rings is 1. The van der Waals surface area contributed by atoms with E-state index in [1.54, 1.807) is 13.0 Å². The van der Waals surface area contributed by atoms with Gasteiger partial charge in [-0.25, -0.2) is 13.8 Å². The molecule has 1 unspecified atom stereocenters. The number of Topliss-reactive ketones (excluding diaryl/α,β-unsaturated/α-hetero) is 1. The highest BCUT2D eigenvalue weighted by Gasteiger charge is 2.24. The van der Waals surface area contributed by atoms with Crippen LogP contribution < -0.4 is 0 Å². The third kappa shape index (κ3) is 2.83. The highest BCUT2D eigenvalue weighted by atomic mass is 32.1. The fraction of sp³-hybridized carbons (Fsp3) is 0.154. The Hall–Kier alpha value is -2.13. The average molecular weight is 278 g/mol. The topological polar surface area (TPSA) is 53.8 Å². The maximum atomic E-state index is 13.1. The smallest absolute Gasteiger partial charge is 0.195 e. The van der Waals surface area contributed by atoms with Gasteiger partial charge >= 0.3 is 0 Å². The van der Waals surface area contributed by atoms with Crippen LogP contribution in [0.25, 0.3) is 0 Å². The lowest BCUT2D eigenvalue weighted by Gasteiger charge is -2.07. The standard InChI is InChI=1S/C13H8F2N2OS/c1-7-17-6-12(19-7)13(18)11(5-16)8-2-9(14)4-10(15)3-8/h2-4,6,11H,1H3. The molecule has 6 heteroatoms. The molecule has 0 fully saturated rings. The Morgan fingerprint density at radius 3 is 2.47 bits per heavy atom. The first-order chi connectivity index (χ1) is 9.01. The quantitative estimate of drug-likeness (QED) is 0.810.